The van der Waals surface area contributed by atoms with E-state index in [4.69, 9.17) is 14.4 Å². The van der Waals surface area contributed by atoms with Crippen molar-refractivity contribution in [3.63, 3.8) is 0 Å². The van der Waals surface area contributed by atoms with Crippen LogP contribution in [-0.4, -0.2) is 53.2 Å². The van der Waals surface area contributed by atoms with Gasteiger partial charge >= 0.3 is 0 Å². The highest BCUT2D eigenvalue weighted by Gasteiger charge is 2.23. The maximum atomic E-state index is 13.1. The smallest absolute Gasteiger partial charge is 0.265 e. The van der Waals surface area contributed by atoms with E-state index in [-0.39, 0.29) is 34.6 Å². The molecule has 1 aromatic carbocycles. The molecule has 4 rings (SSSR count). The van der Waals surface area contributed by atoms with Crippen LogP contribution in [0.25, 0.3) is 11.1 Å². The van der Waals surface area contributed by atoms with Gasteiger partial charge in [-0.15, -0.1) is 12.4 Å². The van der Waals surface area contributed by atoms with Crippen LogP contribution in [0.4, 0.5) is 5.69 Å². The maximum Gasteiger partial charge on any atom is 0.265 e. The van der Waals surface area contributed by atoms with E-state index >= 15 is 0 Å². The van der Waals surface area contributed by atoms with Gasteiger partial charge in [-0.2, -0.15) is 5.26 Å². The van der Waals surface area contributed by atoms with Crippen molar-refractivity contribution in [3.05, 3.63) is 57.8 Å². The second kappa shape index (κ2) is 9.75. The Kier molecular flexibility index (Phi) is 7.07. The molecule has 0 spiro atoms. The summed E-state index contributed by atoms with van der Waals surface area (Å²) in [6, 6.07) is 8.51. The molecule has 3 heterocycles. The number of hydrogen-bond donors (Lipinski definition) is 1. The highest BCUT2D eigenvalue weighted by atomic mass is 35.5. The molecule has 0 aliphatic carbocycles. The number of morpholine rings is 1. The molecule has 0 unspecified atom stereocenters. The Bertz CT molecular complexity index is 1170. The van der Waals surface area contributed by atoms with Gasteiger partial charge in [0.05, 0.1) is 30.4 Å². The second-order valence-corrected chi connectivity index (χ2v) is 7.05. The first kappa shape index (κ1) is 22.5. The Morgan fingerprint density at radius 2 is 1.94 bits per heavy atom. The minimum Gasteiger partial charge on any atom is -0.442 e. The standard InChI is InChI=1S/C21H21N5O4.ClH/c1-14-17(19(27)24-16-4-2-15(12-22)3-5-16)18-20(30-14)23-13-26(21(18)28)7-6-25-8-10-29-11-9-25;/h2-5,13H,6-11H2,1H3,(H,24,27);1H. The topological polar surface area (TPSA) is 113 Å². The number of carbonyl (C=O) groups is 1. The molecule has 9 nitrogen and oxygen atoms in total. The number of nitriles is 1. The van der Waals surface area contributed by atoms with Crippen LogP contribution in [0.2, 0.25) is 0 Å². The number of fused-ring (bicyclic) bond motifs is 1. The summed E-state index contributed by atoms with van der Waals surface area (Å²) in [6.45, 7) is 5.82. The average molecular weight is 444 g/mol. The van der Waals surface area contributed by atoms with Gasteiger partial charge in [0.25, 0.3) is 11.5 Å². The summed E-state index contributed by atoms with van der Waals surface area (Å²) in [5, 5.41) is 11.8. The van der Waals surface area contributed by atoms with E-state index in [0.29, 0.717) is 43.3 Å². The molecule has 3 aromatic rings. The number of hydrogen-bond acceptors (Lipinski definition) is 7. The number of nitrogens with one attached hydrogen (secondary N) is 1. The maximum absolute atomic E-state index is 13.1. The fourth-order valence-corrected chi connectivity index (χ4v) is 3.47. The van der Waals surface area contributed by atoms with Gasteiger partial charge in [-0.05, 0) is 31.2 Å². The first-order valence-electron chi connectivity index (χ1n) is 9.67. The lowest BCUT2D eigenvalue weighted by atomic mass is 10.1. The zero-order valence-electron chi connectivity index (χ0n) is 17.0. The van der Waals surface area contributed by atoms with Crippen molar-refractivity contribution < 1.29 is 13.9 Å². The third-order valence-corrected chi connectivity index (χ3v) is 5.11. The summed E-state index contributed by atoms with van der Waals surface area (Å²) in [5.74, 6) is -0.132. The number of aromatic nitrogens is 2. The molecule has 2 aromatic heterocycles. The minimum absolute atomic E-state index is 0. The Morgan fingerprint density at radius 1 is 1.23 bits per heavy atom. The van der Waals surface area contributed by atoms with Crippen molar-refractivity contribution >= 4 is 35.1 Å². The van der Waals surface area contributed by atoms with Crippen molar-refractivity contribution in [2.24, 2.45) is 0 Å². The molecule has 162 valence electrons. The molecular formula is C21H22ClN5O4. The fourth-order valence-electron chi connectivity index (χ4n) is 3.47. The van der Waals surface area contributed by atoms with Gasteiger partial charge in [-0.3, -0.25) is 19.1 Å². The van der Waals surface area contributed by atoms with Gasteiger partial charge in [0.2, 0.25) is 5.71 Å². The lowest BCUT2D eigenvalue weighted by Gasteiger charge is -2.26. The molecule has 0 atom stereocenters. The molecular weight excluding hydrogens is 422 g/mol. The Balaban J connectivity index is 0.00000272. The Morgan fingerprint density at radius 3 is 2.61 bits per heavy atom. The largest absolute Gasteiger partial charge is 0.442 e. The third kappa shape index (κ3) is 4.77. The summed E-state index contributed by atoms with van der Waals surface area (Å²) in [7, 11) is 0. The summed E-state index contributed by atoms with van der Waals surface area (Å²) in [5.41, 5.74) is 1.02. The molecule has 1 saturated heterocycles. The number of aryl methyl sites for hydroxylation is 1. The summed E-state index contributed by atoms with van der Waals surface area (Å²) >= 11 is 0. The number of nitrogens with zero attached hydrogens (tertiary/aromatic N) is 4. The molecule has 0 bridgehead atoms. The van der Waals surface area contributed by atoms with E-state index in [2.05, 4.69) is 15.2 Å². The SMILES string of the molecule is Cc1oc2ncn(CCN3CCOCC3)c(=O)c2c1C(=O)Nc1ccc(C#N)cc1.Cl. The van der Waals surface area contributed by atoms with E-state index in [9.17, 15) is 9.59 Å². The van der Waals surface area contributed by atoms with Gasteiger partial charge in [0.1, 0.15) is 17.5 Å². The van der Waals surface area contributed by atoms with Crippen LogP contribution >= 0.6 is 12.4 Å². The van der Waals surface area contributed by atoms with Crippen LogP contribution in [0.15, 0.2) is 39.8 Å². The molecule has 0 radical (unpaired) electrons. The number of amides is 1. The monoisotopic (exact) mass is 443 g/mol. The Labute approximate surface area is 184 Å². The molecule has 31 heavy (non-hydrogen) atoms. The van der Waals surface area contributed by atoms with Crippen LogP contribution in [0.3, 0.4) is 0 Å². The van der Waals surface area contributed by atoms with Gasteiger partial charge in [0, 0.05) is 31.9 Å². The highest BCUT2D eigenvalue weighted by Crippen LogP contribution is 2.22. The Hall–Kier alpha value is -3.19. The van der Waals surface area contributed by atoms with Crippen LogP contribution in [-0.2, 0) is 11.3 Å². The molecule has 1 N–H and O–H groups in total. The number of ether oxygens (including phenoxy) is 1. The van der Waals surface area contributed by atoms with Gasteiger partial charge in [-0.25, -0.2) is 4.98 Å². The third-order valence-electron chi connectivity index (χ3n) is 5.11. The molecule has 10 heteroatoms. The number of anilines is 1. The van der Waals surface area contributed by atoms with E-state index < -0.39 is 5.91 Å². The van der Waals surface area contributed by atoms with Crippen LogP contribution in [0.1, 0.15) is 21.7 Å². The van der Waals surface area contributed by atoms with Crippen LogP contribution < -0.4 is 10.9 Å². The van der Waals surface area contributed by atoms with E-state index in [1.807, 2.05) is 6.07 Å². The molecule has 1 amide bonds. The fraction of sp³-hybridized carbons (Fsp3) is 0.333. The van der Waals surface area contributed by atoms with E-state index in [1.165, 1.54) is 10.9 Å². The van der Waals surface area contributed by atoms with Gasteiger partial charge in [-0.1, -0.05) is 0 Å². The second-order valence-electron chi connectivity index (χ2n) is 7.05. The lowest BCUT2D eigenvalue weighted by Crippen LogP contribution is -2.39. The van der Waals surface area contributed by atoms with Crippen molar-refractivity contribution in [1.29, 1.82) is 5.26 Å². The van der Waals surface area contributed by atoms with Crippen molar-refractivity contribution in [1.82, 2.24) is 14.5 Å². The number of rotatable bonds is 5. The predicted molar refractivity (Wildman–Crippen MR) is 117 cm³/mol. The molecule has 0 saturated carbocycles. The van der Waals surface area contributed by atoms with Gasteiger partial charge in [0.15, 0.2) is 0 Å². The molecule has 1 aliphatic heterocycles. The quantitative estimate of drug-likeness (QED) is 0.642. The molecule has 1 fully saturated rings. The van der Waals surface area contributed by atoms with Crippen LogP contribution in [0, 0.1) is 18.3 Å². The zero-order chi connectivity index (χ0) is 21.1. The number of furan rings is 1. The first-order chi connectivity index (χ1) is 14.6. The first-order valence-corrected chi connectivity index (χ1v) is 9.67. The van der Waals surface area contributed by atoms with Crippen LogP contribution in [0.5, 0.6) is 0 Å². The summed E-state index contributed by atoms with van der Waals surface area (Å²) in [4.78, 5) is 32.4. The minimum atomic E-state index is -0.458. The van der Waals surface area contributed by atoms with Crippen molar-refractivity contribution in [3.8, 4) is 6.07 Å². The van der Waals surface area contributed by atoms with Crippen molar-refractivity contribution in [2.75, 3.05) is 38.2 Å². The average Bonchev–Trinajstić information content (AvgIpc) is 3.11. The van der Waals surface area contributed by atoms with Crippen molar-refractivity contribution in [2.45, 2.75) is 13.5 Å². The number of halogens is 1. The molecule has 1 aliphatic rings. The van der Waals surface area contributed by atoms with Gasteiger partial charge < -0.3 is 14.5 Å². The van der Waals surface area contributed by atoms with E-state index in [1.54, 1.807) is 31.2 Å². The summed E-state index contributed by atoms with van der Waals surface area (Å²) in [6.07, 6.45) is 1.45. The number of benzene rings is 1. The normalized spacial score (nSPS) is 14.1. The highest BCUT2D eigenvalue weighted by molar-refractivity contribution is 6.12. The lowest BCUT2D eigenvalue weighted by molar-refractivity contribution is 0.0362. The van der Waals surface area contributed by atoms with E-state index in [0.717, 1.165) is 13.1 Å². The predicted octanol–water partition coefficient (Wildman–Crippen LogP) is 2.18. The summed E-state index contributed by atoms with van der Waals surface area (Å²) < 4.78 is 12.4. The zero-order valence-corrected chi connectivity index (χ0v) is 17.8. The number of carbonyl (C=O) groups excluding carboxylic acids is 1.